The lowest BCUT2D eigenvalue weighted by atomic mass is 9.77. The van der Waals surface area contributed by atoms with Crippen LogP contribution in [0, 0.1) is 0 Å². The molecule has 2 aromatic carbocycles. The molecule has 0 aromatic heterocycles. The summed E-state index contributed by atoms with van der Waals surface area (Å²) < 4.78 is 5.43. The van der Waals surface area contributed by atoms with Crippen molar-refractivity contribution in [2.45, 2.75) is 26.2 Å². The Morgan fingerprint density at radius 1 is 1.05 bits per heavy atom. The minimum atomic E-state index is -0.517. The molecule has 3 heteroatoms. The van der Waals surface area contributed by atoms with Gasteiger partial charge in [0, 0.05) is 22.1 Å². The minimum absolute atomic E-state index is 0.216. The molecule has 0 aliphatic carbocycles. The summed E-state index contributed by atoms with van der Waals surface area (Å²) in [4.78, 5) is 11.8. The molecule has 0 amide bonds. The van der Waals surface area contributed by atoms with Crippen LogP contribution in [0.4, 0.5) is 0 Å². The summed E-state index contributed by atoms with van der Waals surface area (Å²) in [5.41, 5.74) is 1.42. The van der Waals surface area contributed by atoms with Gasteiger partial charge in [0.15, 0.2) is 0 Å². The van der Waals surface area contributed by atoms with Crippen LogP contribution >= 0.6 is 0 Å². The van der Waals surface area contributed by atoms with Gasteiger partial charge >= 0.3 is 5.97 Å². The summed E-state index contributed by atoms with van der Waals surface area (Å²) in [5.74, 6) is 0.234. The first-order chi connectivity index (χ1) is 10.3. The van der Waals surface area contributed by atoms with E-state index in [-0.39, 0.29) is 5.75 Å². The Bertz CT molecular complexity index is 714. The molecule has 0 bridgehead atoms. The van der Waals surface area contributed by atoms with E-state index in [2.05, 4.69) is 6.58 Å². The molecule has 0 fully saturated rings. The van der Waals surface area contributed by atoms with Gasteiger partial charge < -0.3 is 9.84 Å². The average Bonchev–Trinajstić information content (AvgIpc) is 2.47. The molecule has 0 radical (unpaired) electrons. The van der Waals surface area contributed by atoms with E-state index in [0.717, 1.165) is 11.1 Å². The number of rotatable bonds is 4. The zero-order chi connectivity index (χ0) is 16.3. The van der Waals surface area contributed by atoms with Gasteiger partial charge in [-0.05, 0) is 19.1 Å². The van der Waals surface area contributed by atoms with Gasteiger partial charge in [0.1, 0.15) is 11.5 Å². The highest BCUT2D eigenvalue weighted by molar-refractivity contribution is 5.89. The van der Waals surface area contributed by atoms with Crippen LogP contribution in [0.25, 0.3) is 0 Å². The SMILES string of the molecule is C=C(C)C(=O)Oc1ccccc1C(C)(C)c1ccccc1O. The van der Waals surface area contributed by atoms with Crippen LogP contribution in [-0.2, 0) is 10.2 Å². The van der Waals surface area contributed by atoms with E-state index < -0.39 is 11.4 Å². The summed E-state index contributed by atoms with van der Waals surface area (Å²) in [5, 5.41) is 10.1. The van der Waals surface area contributed by atoms with Crippen molar-refractivity contribution in [1.29, 1.82) is 0 Å². The Labute approximate surface area is 130 Å². The number of hydrogen-bond donors (Lipinski definition) is 1. The number of carbonyl (C=O) groups is 1. The molecular weight excluding hydrogens is 276 g/mol. The Balaban J connectivity index is 2.50. The second kappa shape index (κ2) is 6.06. The molecule has 0 atom stereocenters. The molecule has 22 heavy (non-hydrogen) atoms. The van der Waals surface area contributed by atoms with Gasteiger partial charge in [0.2, 0.25) is 0 Å². The highest BCUT2D eigenvalue weighted by atomic mass is 16.5. The number of esters is 1. The Hall–Kier alpha value is -2.55. The van der Waals surface area contributed by atoms with E-state index in [9.17, 15) is 9.90 Å². The van der Waals surface area contributed by atoms with Crippen molar-refractivity contribution in [2.24, 2.45) is 0 Å². The normalized spacial score (nSPS) is 11.0. The van der Waals surface area contributed by atoms with E-state index in [1.54, 1.807) is 25.1 Å². The van der Waals surface area contributed by atoms with Gasteiger partial charge in [-0.15, -0.1) is 0 Å². The van der Waals surface area contributed by atoms with E-state index >= 15 is 0 Å². The van der Waals surface area contributed by atoms with Crippen molar-refractivity contribution in [2.75, 3.05) is 0 Å². The lowest BCUT2D eigenvalue weighted by Gasteiger charge is -2.28. The van der Waals surface area contributed by atoms with Crippen molar-refractivity contribution >= 4 is 5.97 Å². The molecule has 0 heterocycles. The summed E-state index contributed by atoms with van der Waals surface area (Å²) in [6.45, 7) is 9.17. The first-order valence-corrected chi connectivity index (χ1v) is 7.09. The largest absolute Gasteiger partial charge is 0.508 e. The van der Waals surface area contributed by atoms with E-state index in [0.29, 0.717) is 11.3 Å². The Kier molecular flexibility index (Phi) is 4.36. The van der Waals surface area contributed by atoms with Crippen LogP contribution in [0.15, 0.2) is 60.7 Å². The maximum atomic E-state index is 11.8. The van der Waals surface area contributed by atoms with Gasteiger partial charge in [-0.3, -0.25) is 0 Å². The number of phenolic OH excluding ortho intramolecular Hbond substituents is 1. The van der Waals surface area contributed by atoms with E-state index in [4.69, 9.17) is 4.74 Å². The fraction of sp³-hybridized carbons (Fsp3) is 0.211. The molecule has 3 nitrogen and oxygen atoms in total. The van der Waals surface area contributed by atoms with Gasteiger partial charge in [-0.2, -0.15) is 0 Å². The molecule has 0 saturated carbocycles. The van der Waals surface area contributed by atoms with Crippen LogP contribution in [0.3, 0.4) is 0 Å². The molecule has 0 saturated heterocycles. The van der Waals surface area contributed by atoms with Crippen molar-refractivity contribution in [1.82, 2.24) is 0 Å². The predicted octanol–water partition coefficient (Wildman–Crippen LogP) is 4.20. The van der Waals surface area contributed by atoms with Crippen molar-refractivity contribution in [3.63, 3.8) is 0 Å². The third kappa shape index (κ3) is 3.03. The van der Waals surface area contributed by atoms with Crippen LogP contribution in [0.1, 0.15) is 31.9 Å². The highest BCUT2D eigenvalue weighted by Crippen LogP contribution is 2.40. The van der Waals surface area contributed by atoms with Crippen LogP contribution in [0.5, 0.6) is 11.5 Å². The van der Waals surface area contributed by atoms with Gasteiger partial charge in [0.05, 0.1) is 0 Å². The molecule has 1 N–H and O–H groups in total. The van der Waals surface area contributed by atoms with Gasteiger partial charge in [-0.1, -0.05) is 56.8 Å². The Morgan fingerprint density at radius 3 is 2.18 bits per heavy atom. The molecule has 2 rings (SSSR count). The average molecular weight is 296 g/mol. The number of ether oxygens (including phenoxy) is 1. The quantitative estimate of drug-likeness (QED) is 0.522. The number of phenols is 1. The molecule has 0 aliphatic rings. The smallest absolute Gasteiger partial charge is 0.338 e. The molecule has 0 aliphatic heterocycles. The minimum Gasteiger partial charge on any atom is -0.508 e. The third-order valence-corrected chi connectivity index (χ3v) is 3.69. The molecule has 2 aromatic rings. The fourth-order valence-electron chi connectivity index (χ4n) is 2.41. The zero-order valence-electron chi connectivity index (χ0n) is 13.1. The summed E-state index contributed by atoms with van der Waals surface area (Å²) >= 11 is 0. The lowest BCUT2D eigenvalue weighted by molar-refractivity contribution is -0.130. The molecule has 0 spiro atoms. The van der Waals surface area contributed by atoms with E-state index in [1.807, 2.05) is 44.2 Å². The predicted molar refractivity (Wildman–Crippen MR) is 87.1 cm³/mol. The first kappa shape index (κ1) is 15.8. The highest BCUT2D eigenvalue weighted by Gasteiger charge is 2.29. The van der Waals surface area contributed by atoms with E-state index in [1.165, 1.54) is 0 Å². The number of para-hydroxylation sites is 2. The van der Waals surface area contributed by atoms with Gasteiger partial charge in [0.25, 0.3) is 0 Å². The van der Waals surface area contributed by atoms with Crippen molar-refractivity contribution in [3.05, 3.63) is 71.8 Å². The number of carbonyl (C=O) groups excluding carboxylic acids is 1. The van der Waals surface area contributed by atoms with Crippen molar-refractivity contribution < 1.29 is 14.6 Å². The fourth-order valence-corrected chi connectivity index (χ4v) is 2.41. The molecular formula is C19H20O3. The number of aromatic hydroxyl groups is 1. The number of hydrogen-bond acceptors (Lipinski definition) is 3. The second-order valence-corrected chi connectivity index (χ2v) is 5.81. The zero-order valence-corrected chi connectivity index (χ0v) is 13.1. The van der Waals surface area contributed by atoms with Crippen LogP contribution in [-0.4, -0.2) is 11.1 Å². The third-order valence-electron chi connectivity index (χ3n) is 3.69. The summed E-state index contributed by atoms with van der Waals surface area (Å²) in [6, 6.07) is 14.5. The second-order valence-electron chi connectivity index (χ2n) is 5.81. The lowest BCUT2D eigenvalue weighted by Crippen LogP contribution is -2.21. The van der Waals surface area contributed by atoms with Crippen LogP contribution in [0.2, 0.25) is 0 Å². The number of benzene rings is 2. The monoisotopic (exact) mass is 296 g/mol. The maximum absolute atomic E-state index is 11.8. The summed E-state index contributed by atoms with van der Waals surface area (Å²) in [7, 11) is 0. The standard InChI is InChI=1S/C19H20O3/c1-13(2)18(21)22-17-12-8-6-10-15(17)19(3,4)14-9-5-7-11-16(14)20/h5-12,20H,1H2,2-4H3. The summed E-state index contributed by atoms with van der Waals surface area (Å²) in [6.07, 6.45) is 0. The maximum Gasteiger partial charge on any atom is 0.338 e. The first-order valence-electron chi connectivity index (χ1n) is 7.09. The topological polar surface area (TPSA) is 46.5 Å². The molecule has 114 valence electrons. The van der Waals surface area contributed by atoms with Crippen molar-refractivity contribution in [3.8, 4) is 11.5 Å². The van der Waals surface area contributed by atoms with Crippen LogP contribution < -0.4 is 4.74 Å². The molecule has 0 unspecified atom stereocenters. The Morgan fingerprint density at radius 2 is 1.59 bits per heavy atom. The van der Waals surface area contributed by atoms with Gasteiger partial charge in [-0.25, -0.2) is 4.79 Å².